The first kappa shape index (κ1) is 30.8. The van der Waals surface area contributed by atoms with Crippen molar-refractivity contribution in [2.45, 2.75) is 62.9 Å². The van der Waals surface area contributed by atoms with E-state index in [9.17, 15) is 34.2 Å². The number of aromatic amines is 1. The van der Waals surface area contributed by atoms with E-state index in [0.717, 1.165) is 0 Å². The van der Waals surface area contributed by atoms with Crippen molar-refractivity contribution in [1.82, 2.24) is 25.9 Å². The number of carboxylic acid groups (broad SMARTS) is 1. The topological polar surface area (TPSA) is 307 Å². The number of hydrogen-bond acceptors (Lipinski definition) is 9. The maximum absolute atomic E-state index is 13.0. The fraction of sp³-hybridized carbons (Fsp3) is 0.550. The van der Waals surface area contributed by atoms with Crippen LogP contribution in [0.1, 0.15) is 31.9 Å². The van der Waals surface area contributed by atoms with Crippen molar-refractivity contribution in [2.24, 2.45) is 27.9 Å². The van der Waals surface area contributed by atoms with Gasteiger partial charge in [0.1, 0.15) is 18.1 Å². The predicted molar refractivity (Wildman–Crippen MR) is 129 cm³/mol. The van der Waals surface area contributed by atoms with Gasteiger partial charge in [-0.1, -0.05) is 0 Å². The van der Waals surface area contributed by atoms with Gasteiger partial charge >= 0.3 is 5.97 Å². The Kier molecular flexibility index (Phi) is 12.5. The number of primary amides is 1. The molecule has 1 aromatic rings. The average Bonchev–Trinajstić information content (AvgIpc) is 3.30. The van der Waals surface area contributed by atoms with E-state index in [0.29, 0.717) is 5.69 Å². The van der Waals surface area contributed by atoms with Crippen molar-refractivity contribution in [1.29, 1.82) is 0 Å². The first-order valence-electron chi connectivity index (χ1n) is 11.2. The quantitative estimate of drug-likeness (QED) is 0.0553. The number of guanidine groups is 1. The number of hydrogen-bond donors (Lipinski definition) is 10. The molecular weight excluding hydrogens is 492 g/mol. The molecule has 0 aliphatic rings. The van der Waals surface area contributed by atoms with Crippen molar-refractivity contribution < 1.29 is 34.2 Å². The molecule has 37 heavy (non-hydrogen) atoms. The molecule has 17 nitrogen and oxygen atoms in total. The van der Waals surface area contributed by atoms with Crippen LogP contribution < -0.4 is 38.9 Å². The van der Waals surface area contributed by atoms with Crippen LogP contribution in [0, 0.1) is 0 Å². The summed E-state index contributed by atoms with van der Waals surface area (Å²) >= 11 is 0. The van der Waals surface area contributed by atoms with Crippen LogP contribution in [0.25, 0.3) is 0 Å². The fourth-order valence-corrected chi connectivity index (χ4v) is 3.10. The van der Waals surface area contributed by atoms with Gasteiger partial charge in [0.15, 0.2) is 5.96 Å². The molecule has 5 atom stereocenters. The number of rotatable bonds is 16. The summed E-state index contributed by atoms with van der Waals surface area (Å²) in [6.45, 7) is 1.32. The lowest BCUT2D eigenvalue weighted by molar-refractivity contribution is -0.144. The molecule has 0 fully saturated rings. The second kappa shape index (κ2) is 15.0. The Bertz CT molecular complexity index is 963. The number of imidazole rings is 1. The zero-order chi connectivity index (χ0) is 28.1. The van der Waals surface area contributed by atoms with Crippen LogP contribution in [0.4, 0.5) is 0 Å². The summed E-state index contributed by atoms with van der Waals surface area (Å²) in [6.07, 6.45) is 1.09. The molecule has 5 unspecified atom stereocenters. The van der Waals surface area contributed by atoms with Gasteiger partial charge in [0.25, 0.3) is 0 Å². The molecule has 0 aromatic carbocycles. The van der Waals surface area contributed by atoms with Crippen molar-refractivity contribution in [3.05, 3.63) is 18.2 Å². The van der Waals surface area contributed by atoms with Crippen molar-refractivity contribution >= 4 is 35.6 Å². The maximum Gasteiger partial charge on any atom is 0.326 e. The molecule has 0 saturated carbocycles. The van der Waals surface area contributed by atoms with E-state index in [1.807, 2.05) is 5.32 Å². The average molecular weight is 527 g/mol. The third-order valence-corrected chi connectivity index (χ3v) is 4.99. The molecule has 0 spiro atoms. The van der Waals surface area contributed by atoms with Crippen molar-refractivity contribution in [2.75, 3.05) is 6.54 Å². The second-order valence-corrected chi connectivity index (χ2v) is 8.19. The number of carbonyl (C=O) groups excluding carboxylic acids is 4. The number of nitrogens with zero attached hydrogens (tertiary/aromatic N) is 2. The summed E-state index contributed by atoms with van der Waals surface area (Å²) in [6, 6.07) is -5.57. The Balaban J connectivity index is 2.98. The molecule has 14 N–H and O–H groups in total. The Labute approximate surface area is 211 Å². The maximum atomic E-state index is 13.0. The highest BCUT2D eigenvalue weighted by atomic mass is 16.4. The zero-order valence-electron chi connectivity index (χ0n) is 20.2. The summed E-state index contributed by atoms with van der Waals surface area (Å²) < 4.78 is 0. The number of carbonyl (C=O) groups is 5. The Morgan fingerprint density at radius 2 is 1.70 bits per heavy atom. The number of aromatic nitrogens is 2. The largest absolute Gasteiger partial charge is 0.480 e. The third-order valence-electron chi connectivity index (χ3n) is 4.99. The van der Waals surface area contributed by atoms with Gasteiger partial charge in [0.2, 0.25) is 23.6 Å². The first-order valence-corrected chi connectivity index (χ1v) is 11.2. The molecule has 1 heterocycles. The first-order chi connectivity index (χ1) is 17.3. The van der Waals surface area contributed by atoms with Crippen LogP contribution in [-0.4, -0.2) is 92.6 Å². The summed E-state index contributed by atoms with van der Waals surface area (Å²) in [4.78, 5) is 71.1. The number of aliphatic carboxylic acids is 1. The van der Waals surface area contributed by atoms with Gasteiger partial charge in [-0.15, -0.1) is 0 Å². The summed E-state index contributed by atoms with van der Waals surface area (Å²) in [5, 5.41) is 26.1. The number of aliphatic hydroxyl groups excluding tert-OH is 1. The van der Waals surface area contributed by atoms with Crippen molar-refractivity contribution in [3.63, 3.8) is 0 Å². The van der Waals surface area contributed by atoms with Gasteiger partial charge in [0.05, 0.1) is 24.9 Å². The molecule has 1 rings (SSSR count). The Morgan fingerprint density at radius 3 is 2.22 bits per heavy atom. The molecule has 206 valence electrons. The molecule has 0 aliphatic carbocycles. The van der Waals surface area contributed by atoms with Crippen LogP contribution in [-0.2, 0) is 30.4 Å². The lowest BCUT2D eigenvalue weighted by atomic mass is 10.1. The molecule has 0 radical (unpaired) electrons. The number of aliphatic imine (C=N–C) groups is 1. The number of nitrogens with one attached hydrogen (secondary N) is 4. The number of aliphatic hydroxyl groups is 1. The van der Waals surface area contributed by atoms with Gasteiger partial charge in [-0.25, -0.2) is 9.78 Å². The van der Waals surface area contributed by atoms with E-state index in [4.69, 9.17) is 22.9 Å². The lowest BCUT2D eigenvalue weighted by Crippen LogP contribution is -2.60. The minimum Gasteiger partial charge on any atom is -0.480 e. The highest BCUT2D eigenvalue weighted by Crippen LogP contribution is 2.05. The molecule has 0 saturated heterocycles. The molecule has 17 heteroatoms. The van der Waals surface area contributed by atoms with E-state index < -0.39 is 66.3 Å². The Morgan fingerprint density at radius 1 is 1.05 bits per heavy atom. The van der Waals surface area contributed by atoms with E-state index in [1.165, 1.54) is 19.4 Å². The minimum absolute atomic E-state index is 0.0265. The van der Waals surface area contributed by atoms with Gasteiger partial charge in [-0.3, -0.25) is 24.2 Å². The SMILES string of the molecule is CC(O)C(NC(=O)C(CCCN=C(N)N)NC(=O)C(N)Cc1cnc[nH]1)C(=O)NC(CC(N)=O)C(=O)O. The highest BCUT2D eigenvalue weighted by molar-refractivity contribution is 5.95. The van der Waals surface area contributed by atoms with Gasteiger partial charge in [-0.2, -0.15) is 0 Å². The standard InChI is InChI=1S/C20H34N10O7/c1-9(31)15(18(35)29-13(19(36)37)6-14(22)32)30-17(34)12(3-2-4-26-20(23)24)28-16(33)11(21)5-10-7-25-8-27-10/h7-9,11-13,15,31H,2-6,21H2,1H3,(H2,22,32)(H,25,27)(H,28,33)(H,29,35)(H,30,34)(H,36,37)(H4,23,24,26). The summed E-state index contributed by atoms with van der Waals surface area (Å²) in [5.74, 6) is -5.32. The predicted octanol–water partition coefficient (Wildman–Crippen LogP) is -4.87. The highest BCUT2D eigenvalue weighted by Gasteiger charge is 2.33. The van der Waals surface area contributed by atoms with Crippen LogP contribution in [0.15, 0.2) is 17.5 Å². The molecular formula is C20H34N10O7. The monoisotopic (exact) mass is 526 g/mol. The van der Waals surface area contributed by atoms with Crippen LogP contribution in [0.5, 0.6) is 0 Å². The van der Waals surface area contributed by atoms with Gasteiger partial charge in [0, 0.05) is 24.9 Å². The minimum atomic E-state index is -1.68. The van der Waals surface area contributed by atoms with E-state index in [-0.39, 0.29) is 31.8 Å². The van der Waals surface area contributed by atoms with Gasteiger partial charge in [-0.05, 0) is 19.8 Å². The molecule has 4 amide bonds. The van der Waals surface area contributed by atoms with E-state index >= 15 is 0 Å². The Hall–Kier alpha value is -4.25. The molecule has 0 aliphatic heterocycles. The van der Waals surface area contributed by atoms with E-state index in [1.54, 1.807) is 0 Å². The normalized spacial score (nSPS) is 14.8. The van der Waals surface area contributed by atoms with Crippen LogP contribution in [0.2, 0.25) is 0 Å². The molecule has 1 aromatic heterocycles. The van der Waals surface area contributed by atoms with Crippen LogP contribution in [0.3, 0.4) is 0 Å². The number of carboxylic acids is 1. The number of H-pyrrole nitrogens is 1. The fourth-order valence-electron chi connectivity index (χ4n) is 3.10. The second-order valence-electron chi connectivity index (χ2n) is 8.19. The zero-order valence-corrected chi connectivity index (χ0v) is 20.2. The van der Waals surface area contributed by atoms with Crippen LogP contribution >= 0.6 is 0 Å². The summed E-state index contributed by atoms with van der Waals surface area (Å²) in [5.41, 5.74) is 22.1. The lowest BCUT2D eigenvalue weighted by Gasteiger charge is -2.26. The van der Waals surface area contributed by atoms with E-state index in [2.05, 4.69) is 25.6 Å². The number of amides is 4. The third kappa shape index (κ3) is 11.4. The molecule has 0 bridgehead atoms. The smallest absolute Gasteiger partial charge is 0.326 e. The van der Waals surface area contributed by atoms with Crippen molar-refractivity contribution in [3.8, 4) is 0 Å². The van der Waals surface area contributed by atoms with Gasteiger partial charge < -0.3 is 54.1 Å². The number of nitrogens with two attached hydrogens (primary N) is 4. The summed E-state index contributed by atoms with van der Waals surface area (Å²) in [7, 11) is 0.